The molecule has 0 atom stereocenters. The van der Waals surface area contributed by atoms with Crippen molar-refractivity contribution in [3.05, 3.63) is 30.0 Å². The van der Waals surface area contributed by atoms with Crippen molar-refractivity contribution in [3.8, 4) is 5.75 Å². The second-order valence-electron chi connectivity index (χ2n) is 4.16. The molecule has 2 N–H and O–H groups in total. The summed E-state index contributed by atoms with van der Waals surface area (Å²) < 4.78 is 5.57. The van der Waals surface area contributed by atoms with Gasteiger partial charge in [0, 0.05) is 25.1 Å². The molecule has 1 aromatic carbocycles. The van der Waals surface area contributed by atoms with E-state index in [1.165, 1.54) is 12.5 Å². The topological polar surface area (TPSA) is 54.1 Å². The van der Waals surface area contributed by atoms with Crippen LogP contribution in [0.2, 0.25) is 0 Å². The van der Waals surface area contributed by atoms with Gasteiger partial charge in [0.2, 0.25) is 5.91 Å². The summed E-state index contributed by atoms with van der Waals surface area (Å²) in [6, 6.07) is 6.01. The van der Waals surface area contributed by atoms with E-state index < -0.39 is 0 Å². The Kier molecular flexibility index (Phi) is 3.87. The number of para-hydroxylation sites is 1. The van der Waals surface area contributed by atoms with Crippen molar-refractivity contribution in [2.24, 2.45) is 0 Å². The number of ether oxygens (including phenoxy) is 1. The van der Waals surface area contributed by atoms with Gasteiger partial charge in [0.15, 0.2) is 0 Å². The molecule has 0 saturated carbocycles. The first-order valence-electron chi connectivity index (χ1n) is 6.18. The van der Waals surface area contributed by atoms with Gasteiger partial charge in [-0.2, -0.15) is 0 Å². The maximum absolute atomic E-state index is 10.8. The van der Waals surface area contributed by atoms with Gasteiger partial charge in [0.25, 0.3) is 0 Å². The first kappa shape index (κ1) is 12.5. The fourth-order valence-electron chi connectivity index (χ4n) is 2.04. The third kappa shape index (κ3) is 2.64. The number of H-pyrrole nitrogens is 1. The van der Waals surface area contributed by atoms with E-state index in [-0.39, 0.29) is 5.91 Å². The zero-order chi connectivity index (χ0) is 13.0. The lowest BCUT2D eigenvalue weighted by molar-refractivity contribution is -0.118. The molecule has 0 unspecified atom stereocenters. The molecule has 1 heterocycles. The van der Waals surface area contributed by atoms with Crippen molar-refractivity contribution in [1.29, 1.82) is 0 Å². The Bertz CT molecular complexity index is 546. The van der Waals surface area contributed by atoms with E-state index in [0.717, 1.165) is 23.1 Å². The molecule has 96 valence electrons. The van der Waals surface area contributed by atoms with Gasteiger partial charge in [-0.1, -0.05) is 12.1 Å². The van der Waals surface area contributed by atoms with E-state index in [4.69, 9.17) is 4.74 Å². The number of aromatic nitrogens is 1. The van der Waals surface area contributed by atoms with Crippen molar-refractivity contribution in [3.63, 3.8) is 0 Å². The molecule has 0 radical (unpaired) electrons. The van der Waals surface area contributed by atoms with Crippen molar-refractivity contribution >= 4 is 16.8 Å². The van der Waals surface area contributed by atoms with Crippen LogP contribution < -0.4 is 10.1 Å². The molecule has 18 heavy (non-hydrogen) atoms. The Morgan fingerprint density at radius 3 is 3.00 bits per heavy atom. The number of amides is 1. The summed E-state index contributed by atoms with van der Waals surface area (Å²) in [5, 5.41) is 3.96. The van der Waals surface area contributed by atoms with Gasteiger partial charge in [0.1, 0.15) is 5.75 Å². The zero-order valence-corrected chi connectivity index (χ0v) is 10.7. The van der Waals surface area contributed by atoms with Crippen molar-refractivity contribution in [2.75, 3.05) is 13.2 Å². The average molecular weight is 246 g/mol. The molecule has 0 saturated heterocycles. The number of carbonyl (C=O) groups excluding carboxylic acids is 1. The molecule has 0 fully saturated rings. The molecule has 0 aliphatic carbocycles. The van der Waals surface area contributed by atoms with Gasteiger partial charge >= 0.3 is 0 Å². The van der Waals surface area contributed by atoms with Crippen molar-refractivity contribution in [2.45, 2.75) is 20.3 Å². The molecule has 1 amide bonds. The summed E-state index contributed by atoms with van der Waals surface area (Å²) in [6.07, 6.45) is 2.80. The number of nitrogens with one attached hydrogen (secondary N) is 2. The first-order chi connectivity index (χ1) is 8.72. The molecular weight excluding hydrogens is 228 g/mol. The molecule has 0 aliphatic heterocycles. The molecule has 0 aliphatic rings. The SMILES string of the molecule is CCOc1cccc2c(CCNC(C)=O)c[nH]c12. The molecule has 0 bridgehead atoms. The summed E-state index contributed by atoms with van der Waals surface area (Å²) in [4.78, 5) is 14.1. The lowest BCUT2D eigenvalue weighted by Gasteiger charge is -2.05. The van der Waals surface area contributed by atoms with Gasteiger partial charge in [-0.25, -0.2) is 0 Å². The van der Waals surface area contributed by atoms with Gasteiger partial charge < -0.3 is 15.0 Å². The normalized spacial score (nSPS) is 10.6. The molecule has 0 spiro atoms. The molecule has 4 heteroatoms. The standard InChI is InChI=1S/C14H18N2O2/c1-3-18-13-6-4-5-12-11(9-16-14(12)13)7-8-15-10(2)17/h4-6,9,16H,3,7-8H2,1-2H3,(H,15,17). The van der Waals surface area contributed by atoms with Crippen LogP contribution in [0.4, 0.5) is 0 Å². The van der Waals surface area contributed by atoms with Crippen LogP contribution >= 0.6 is 0 Å². The Morgan fingerprint density at radius 1 is 1.44 bits per heavy atom. The van der Waals surface area contributed by atoms with Gasteiger partial charge in [-0.3, -0.25) is 4.79 Å². The number of benzene rings is 1. The summed E-state index contributed by atoms with van der Waals surface area (Å²) >= 11 is 0. The van der Waals surface area contributed by atoms with Gasteiger partial charge in [-0.05, 0) is 25.0 Å². The van der Waals surface area contributed by atoms with Crippen molar-refractivity contribution in [1.82, 2.24) is 10.3 Å². The van der Waals surface area contributed by atoms with Crippen LogP contribution in [-0.2, 0) is 11.2 Å². The van der Waals surface area contributed by atoms with Crippen LogP contribution in [0.5, 0.6) is 5.75 Å². The summed E-state index contributed by atoms with van der Waals surface area (Å²) in [5.74, 6) is 0.880. The highest BCUT2D eigenvalue weighted by molar-refractivity contribution is 5.88. The van der Waals surface area contributed by atoms with Crippen LogP contribution in [0.15, 0.2) is 24.4 Å². The Balaban J connectivity index is 2.20. The monoisotopic (exact) mass is 246 g/mol. The fraction of sp³-hybridized carbons (Fsp3) is 0.357. The highest BCUT2D eigenvalue weighted by atomic mass is 16.5. The third-order valence-corrected chi connectivity index (χ3v) is 2.83. The van der Waals surface area contributed by atoms with E-state index in [1.807, 2.05) is 25.3 Å². The maximum atomic E-state index is 10.8. The largest absolute Gasteiger partial charge is 0.492 e. The van der Waals surface area contributed by atoms with Gasteiger partial charge in [0.05, 0.1) is 12.1 Å². The lowest BCUT2D eigenvalue weighted by Crippen LogP contribution is -2.22. The van der Waals surface area contributed by atoms with Crippen molar-refractivity contribution < 1.29 is 9.53 Å². The van der Waals surface area contributed by atoms with E-state index >= 15 is 0 Å². The number of aromatic amines is 1. The third-order valence-electron chi connectivity index (χ3n) is 2.83. The minimum Gasteiger partial charge on any atom is -0.492 e. The Labute approximate surface area is 106 Å². The number of hydrogen-bond acceptors (Lipinski definition) is 2. The number of rotatable bonds is 5. The van der Waals surface area contributed by atoms with Crippen LogP contribution in [-0.4, -0.2) is 24.0 Å². The second-order valence-corrected chi connectivity index (χ2v) is 4.16. The minimum atomic E-state index is 0.00449. The fourth-order valence-corrected chi connectivity index (χ4v) is 2.04. The number of hydrogen-bond donors (Lipinski definition) is 2. The van der Waals surface area contributed by atoms with Gasteiger partial charge in [-0.15, -0.1) is 0 Å². The summed E-state index contributed by atoms with van der Waals surface area (Å²) in [5.41, 5.74) is 2.22. The molecule has 1 aromatic heterocycles. The molecule has 2 aromatic rings. The van der Waals surface area contributed by atoms with Crippen LogP contribution in [0, 0.1) is 0 Å². The first-order valence-corrected chi connectivity index (χ1v) is 6.18. The van der Waals surface area contributed by atoms with E-state index in [9.17, 15) is 4.79 Å². The Morgan fingerprint density at radius 2 is 2.28 bits per heavy atom. The smallest absolute Gasteiger partial charge is 0.216 e. The lowest BCUT2D eigenvalue weighted by atomic mass is 10.1. The predicted molar refractivity (Wildman–Crippen MR) is 71.9 cm³/mol. The predicted octanol–water partition coefficient (Wildman–Crippen LogP) is 2.25. The minimum absolute atomic E-state index is 0.00449. The molecule has 2 rings (SSSR count). The summed E-state index contributed by atoms with van der Waals surface area (Å²) in [7, 11) is 0. The van der Waals surface area contributed by atoms with E-state index in [1.54, 1.807) is 0 Å². The Hall–Kier alpha value is -1.97. The van der Waals surface area contributed by atoms with Crippen LogP contribution in [0.25, 0.3) is 10.9 Å². The van der Waals surface area contributed by atoms with E-state index in [2.05, 4.69) is 16.4 Å². The second kappa shape index (κ2) is 5.58. The van der Waals surface area contributed by atoms with Crippen LogP contribution in [0.1, 0.15) is 19.4 Å². The quantitative estimate of drug-likeness (QED) is 0.850. The van der Waals surface area contributed by atoms with E-state index in [0.29, 0.717) is 13.2 Å². The van der Waals surface area contributed by atoms with Crippen LogP contribution in [0.3, 0.4) is 0 Å². The highest BCUT2D eigenvalue weighted by Crippen LogP contribution is 2.27. The average Bonchev–Trinajstić information content (AvgIpc) is 2.74. The zero-order valence-electron chi connectivity index (χ0n) is 10.7. The maximum Gasteiger partial charge on any atom is 0.216 e. The summed E-state index contributed by atoms with van der Waals surface area (Å²) in [6.45, 7) is 4.81. The number of carbonyl (C=O) groups is 1. The molecular formula is C14H18N2O2. The highest BCUT2D eigenvalue weighted by Gasteiger charge is 2.07. The molecule has 4 nitrogen and oxygen atoms in total. The number of fused-ring (bicyclic) bond motifs is 1.